The van der Waals surface area contributed by atoms with E-state index in [1.54, 1.807) is 0 Å². The minimum Gasteiger partial charge on any atom is -0.409 e. The molecular weight excluding hydrogens is 513 g/mol. The minimum atomic E-state index is -2.08. The van der Waals surface area contributed by atoms with Crippen molar-refractivity contribution >= 4 is 39.2 Å². The quantitative estimate of drug-likeness (QED) is 0.353. The smallest absolute Gasteiger partial charge is 0.252 e. The number of hydrogen-bond acceptors (Lipinski definition) is 7. The Morgan fingerprint density at radius 1 is 0.743 bits per heavy atom. The van der Waals surface area contributed by atoms with E-state index in [0.717, 1.165) is 0 Å². The number of carbonyl (C=O) groups excluding carboxylic acids is 1. The lowest BCUT2D eigenvalue weighted by atomic mass is 9.98. The van der Waals surface area contributed by atoms with Crippen LogP contribution >= 0.6 is 0 Å². The summed E-state index contributed by atoms with van der Waals surface area (Å²) in [4.78, 5) is 15.7. The van der Waals surface area contributed by atoms with Crippen LogP contribution < -0.4 is 5.32 Å². The maximum atomic E-state index is 13.6. The van der Waals surface area contributed by atoms with Crippen LogP contribution in [0.1, 0.15) is 6.92 Å². The predicted octanol–water partition coefficient (Wildman–Crippen LogP) is 4.29. The Bertz CT molecular complexity index is 685. The van der Waals surface area contributed by atoms with Gasteiger partial charge in [0.25, 0.3) is 5.91 Å². The van der Waals surface area contributed by atoms with E-state index in [-0.39, 0.29) is 11.9 Å². The molecule has 1 heterocycles. The van der Waals surface area contributed by atoms with Gasteiger partial charge in [0.05, 0.1) is 0 Å². The SMILES string of the molecule is CC(CNC(=O)C1OC(O[Si](C)(C)C)C(O[Si](C)(C)C)C(O[Si](C)(C)C)C1O[Si](C)(C)C)N(C)C. The topological polar surface area (TPSA) is 78.5 Å². The molecule has 0 aliphatic carbocycles. The van der Waals surface area contributed by atoms with Crippen LogP contribution in [-0.4, -0.2) is 101 Å². The molecule has 1 N–H and O–H groups in total. The van der Waals surface area contributed by atoms with Crippen molar-refractivity contribution in [2.24, 2.45) is 0 Å². The average Bonchev–Trinajstić information content (AvgIpc) is 2.59. The Balaban J connectivity index is 3.54. The lowest BCUT2D eigenvalue weighted by molar-refractivity contribution is -0.258. The molecule has 0 aromatic rings. The third kappa shape index (κ3) is 12.5. The van der Waals surface area contributed by atoms with E-state index >= 15 is 0 Å². The molecular formula is C23H54N2O6Si4. The van der Waals surface area contributed by atoms with E-state index in [1.165, 1.54) is 0 Å². The first-order valence-electron chi connectivity index (χ1n) is 12.8. The fraction of sp³-hybridized carbons (Fsp3) is 0.957. The molecule has 1 aliphatic heterocycles. The van der Waals surface area contributed by atoms with Gasteiger partial charge >= 0.3 is 0 Å². The van der Waals surface area contributed by atoms with Gasteiger partial charge in [0.2, 0.25) is 0 Å². The summed E-state index contributed by atoms with van der Waals surface area (Å²) in [7, 11) is -4.19. The summed E-state index contributed by atoms with van der Waals surface area (Å²) in [6.45, 7) is 28.2. The summed E-state index contributed by atoms with van der Waals surface area (Å²) in [6, 6.07) is 0.185. The first-order chi connectivity index (χ1) is 15.5. The van der Waals surface area contributed by atoms with Gasteiger partial charge in [-0.3, -0.25) is 4.79 Å². The maximum absolute atomic E-state index is 13.6. The van der Waals surface area contributed by atoms with Crippen LogP contribution in [0.4, 0.5) is 0 Å². The molecule has 1 aliphatic rings. The molecule has 0 aromatic carbocycles. The standard InChI is InChI=1S/C23H54N2O6Si4/c1-17(25(2)3)16-24-22(26)20-18(28-32(4,5)6)19(29-33(7,8)9)21(30-34(10,11)12)23(27-20)31-35(13,14)15/h17-21,23H,16H2,1-15H3,(H,24,26). The van der Waals surface area contributed by atoms with Crippen molar-refractivity contribution in [1.82, 2.24) is 10.2 Å². The van der Waals surface area contributed by atoms with Gasteiger partial charge in [-0.1, -0.05) is 0 Å². The van der Waals surface area contributed by atoms with E-state index in [4.69, 9.17) is 22.4 Å². The van der Waals surface area contributed by atoms with Gasteiger partial charge in [-0.25, -0.2) is 0 Å². The highest BCUT2D eigenvalue weighted by molar-refractivity contribution is 6.71. The maximum Gasteiger partial charge on any atom is 0.252 e. The summed E-state index contributed by atoms with van der Waals surface area (Å²) in [6.07, 6.45) is -3.05. The molecule has 0 bridgehead atoms. The van der Waals surface area contributed by atoms with Crippen LogP contribution in [0.15, 0.2) is 0 Å². The Morgan fingerprint density at radius 2 is 1.14 bits per heavy atom. The molecule has 1 amide bonds. The van der Waals surface area contributed by atoms with Crippen molar-refractivity contribution in [3.63, 3.8) is 0 Å². The number of amides is 1. The van der Waals surface area contributed by atoms with Crippen LogP contribution in [0.25, 0.3) is 0 Å². The van der Waals surface area contributed by atoms with E-state index in [0.29, 0.717) is 6.54 Å². The fourth-order valence-corrected chi connectivity index (χ4v) is 7.72. The highest BCUT2D eigenvalue weighted by Gasteiger charge is 2.54. The van der Waals surface area contributed by atoms with Crippen molar-refractivity contribution in [3.8, 4) is 0 Å². The van der Waals surface area contributed by atoms with E-state index < -0.39 is 64.0 Å². The zero-order valence-corrected chi connectivity index (χ0v) is 29.1. The largest absolute Gasteiger partial charge is 0.409 e. The molecule has 0 spiro atoms. The van der Waals surface area contributed by atoms with Gasteiger partial charge in [0, 0.05) is 12.6 Å². The molecule has 1 fully saturated rings. The Morgan fingerprint density at radius 3 is 1.54 bits per heavy atom. The summed E-state index contributed by atoms with van der Waals surface area (Å²) >= 11 is 0. The number of nitrogens with zero attached hydrogens (tertiary/aromatic N) is 1. The molecule has 0 radical (unpaired) electrons. The minimum absolute atomic E-state index is 0.185. The summed E-state index contributed by atoms with van der Waals surface area (Å²) < 4.78 is 33.2. The number of nitrogens with one attached hydrogen (secondary N) is 1. The number of hydrogen-bond donors (Lipinski definition) is 1. The van der Waals surface area contributed by atoms with Crippen LogP contribution in [0.2, 0.25) is 78.6 Å². The number of ether oxygens (including phenoxy) is 1. The lowest BCUT2D eigenvalue weighted by Gasteiger charge is -2.51. The zero-order chi connectivity index (χ0) is 27.6. The number of carbonyl (C=O) groups is 1. The molecule has 1 saturated heterocycles. The Kier molecular flexibility index (Phi) is 11.6. The van der Waals surface area contributed by atoms with Crippen molar-refractivity contribution < 1.29 is 27.2 Å². The molecule has 1 rings (SSSR count). The van der Waals surface area contributed by atoms with Gasteiger partial charge in [-0.05, 0) is 99.6 Å². The molecule has 6 unspecified atom stereocenters. The second-order valence-electron chi connectivity index (χ2n) is 13.8. The summed E-state index contributed by atoms with van der Waals surface area (Å²) in [5.41, 5.74) is 0. The monoisotopic (exact) mass is 566 g/mol. The third-order valence-corrected chi connectivity index (χ3v) is 9.02. The fourth-order valence-electron chi connectivity index (χ4n) is 3.61. The predicted molar refractivity (Wildman–Crippen MR) is 154 cm³/mol. The second-order valence-corrected chi connectivity index (χ2v) is 31.6. The van der Waals surface area contributed by atoms with Crippen molar-refractivity contribution in [3.05, 3.63) is 0 Å². The average molecular weight is 567 g/mol. The molecule has 35 heavy (non-hydrogen) atoms. The van der Waals surface area contributed by atoms with Crippen LogP contribution in [0, 0.1) is 0 Å². The summed E-state index contributed by atoms with van der Waals surface area (Å²) in [5, 5.41) is 3.09. The number of likely N-dealkylation sites (N-methyl/N-ethyl adjacent to an activating group) is 1. The van der Waals surface area contributed by atoms with E-state index in [9.17, 15) is 4.79 Å². The molecule has 12 heteroatoms. The van der Waals surface area contributed by atoms with Gasteiger partial charge < -0.3 is 32.7 Å². The Labute approximate surface area is 219 Å². The van der Waals surface area contributed by atoms with Gasteiger partial charge in [0.1, 0.15) is 18.3 Å². The van der Waals surface area contributed by atoms with Gasteiger partial charge in [0.15, 0.2) is 45.7 Å². The summed E-state index contributed by atoms with van der Waals surface area (Å²) in [5.74, 6) is -0.193. The van der Waals surface area contributed by atoms with Gasteiger partial charge in [-0.2, -0.15) is 0 Å². The highest BCUT2D eigenvalue weighted by atomic mass is 28.4. The highest BCUT2D eigenvalue weighted by Crippen LogP contribution is 2.35. The second kappa shape index (κ2) is 12.3. The first kappa shape index (κ1) is 33.1. The van der Waals surface area contributed by atoms with Gasteiger partial charge in [-0.15, -0.1) is 0 Å². The van der Waals surface area contributed by atoms with Crippen LogP contribution in [-0.2, 0) is 27.2 Å². The van der Waals surface area contributed by atoms with Crippen LogP contribution in [0.5, 0.6) is 0 Å². The molecule has 0 saturated carbocycles. The number of rotatable bonds is 12. The molecule has 208 valence electrons. The lowest BCUT2D eigenvalue weighted by Crippen LogP contribution is -2.68. The zero-order valence-electron chi connectivity index (χ0n) is 25.1. The van der Waals surface area contributed by atoms with E-state index in [1.807, 2.05) is 14.1 Å². The third-order valence-electron chi connectivity index (χ3n) is 5.15. The van der Waals surface area contributed by atoms with Crippen molar-refractivity contribution in [2.75, 3.05) is 20.6 Å². The van der Waals surface area contributed by atoms with Crippen molar-refractivity contribution in [2.45, 2.75) is 122 Å². The normalized spacial score (nSPS) is 27.7. The van der Waals surface area contributed by atoms with Crippen LogP contribution in [0.3, 0.4) is 0 Å². The first-order valence-corrected chi connectivity index (χ1v) is 26.4. The molecule has 6 atom stereocenters. The Hall–Kier alpha value is 0.0975. The molecule has 0 aromatic heterocycles. The molecule has 8 nitrogen and oxygen atoms in total. The van der Waals surface area contributed by atoms with Crippen molar-refractivity contribution in [1.29, 1.82) is 0 Å². The van der Waals surface area contributed by atoms with E-state index in [2.05, 4.69) is 95.7 Å².